The molecule has 1 aromatic carbocycles. The van der Waals surface area contributed by atoms with Gasteiger partial charge in [-0.1, -0.05) is 53.3 Å². The number of ether oxygens (including phenoxy) is 1. The van der Waals surface area contributed by atoms with E-state index < -0.39 is 11.0 Å². The van der Waals surface area contributed by atoms with Crippen LogP contribution in [0.15, 0.2) is 22.4 Å². The van der Waals surface area contributed by atoms with Gasteiger partial charge in [-0.3, -0.25) is 0 Å². The molecule has 1 unspecified atom stereocenters. The monoisotopic (exact) mass is 356 g/mol. The zero-order valence-corrected chi connectivity index (χ0v) is 13.8. The van der Waals surface area contributed by atoms with Crippen molar-refractivity contribution in [2.24, 2.45) is 10.2 Å². The summed E-state index contributed by atoms with van der Waals surface area (Å²) in [5.41, 5.74) is 0.188. The Bertz CT molecular complexity index is 509. The number of alkyl halides is 1. The fourth-order valence-corrected chi connectivity index (χ4v) is 2.13. The van der Waals surface area contributed by atoms with Crippen LogP contribution in [0.2, 0.25) is 15.1 Å². The number of halogens is 4. The zero-order valence-electron chi connectivity index (χ0n) is 10.8. The van der Waals surface area contributed by atoms with Gasteiger partial charge in [-0.15, -0.1) is 0 Å². The molecule has 110 valence electrons. The quantitative estimate of drug-likeness (QED) is 0.296. The van der Waals surface area contributed by atoms with Crippen molar-refractivity contribution >= 4 is 58.1 Å². The van der Waals surface area contributed by atoms with Crippen LogP contribution in [0.1, 0.15) is 20.3 Å². The summed E-state index contributed by atoms with van der Waals surface area (Å²) < 4.78 is 4.91. The molecule has 0 fully saturated rings. The second kappa shape index (κ2) is 7.46. The molecular formula is C12H12Cl4N2O2. The Labute approximate surface area is 137 Å². The molecule has 0 aliphatic rings. The molecule has 0 aromatic heterocycles. The van der Waals surface area contributed by atoms with Gasteiger partial charge in [0.1, 0.15) is 5.69 Å². The van der Waals surface area contributed by atoms with Gasteiger partial charge in [0.15, 0.2) is 0 Å². The third-order valence-corrected chi connectivity index (χ3v) is 3.15. The Morgan fingerprint density at radius 3 is 2.35 bits per heavy atom. The number of hydrogen-bond acceptors (Lipinski definition) is 4. The normalized spacial score (nSPS) is 14.3. The first kappa shape index (κ1) is 17.5. The highest BCUT2D eigenvalue weighted by atomic mass is 35.5. The Morgan fingerprint density at radius 1 is 1.30 bits per heavy atom. The molecule has 1 aromatic rings. The molecule has 1 atom stereocenters. The highest BCUT2D eigenvalue weighted by molar-refractivity contribution is 6.41. The molecule has 4 nitrogen and oxygen atoms in total. The van der Waals surface area contributed by atoms with E-state index in [1.165, 1.54) is 19.1 Å². The van der Waals surface area contributed by atoms with Crippen molar-refractivity contribution in [1.29, 1.82) is 0 Å². The summed E-state index contributed by atoms with van der Waals surface area (Å²) in [5.74, 6) is -0.689. The molecule has 1 rings (SSSR count). The maximum atomic E-state index is 11.7. The Morgan fingerprint density at radius 2 is 1.85 bits per heavy atom. The van der Waals surface area contributed by atoms with Crippen LogP contribution in [0.25, 0.3) is 0 Å². The topological polar surface area (TPSA) is 51.0 Å². The summed E-state index contributed by atoms with van der Waals surface area (Å²) in [7, 11) is 0. The summed E-state index contributed by atoms with van der Waals surface area (Å²) in [5, 5.41) is 8.34. The van der Waals surface area contributed by atoms with E-state index >= 15 is 0 Å². The van der Waals surface area contributed by atoms with Crippen molar-refractivity contribution in [3.63, 3.8) is 0 Å². The number of nitrogens with zero attached hydrogens (tertiary/aromatic N) is 2. The molecule has 0 radical (unpaired) electrons. The number of hydrogen-bond donors (Lipinski definition) is 0. The highest BCUT2D eigenvalue weighted by Gasteiger charge is 2.32. The second-order valence-corrected chi connectivity index (χ2v) is 5.99. The van der Waals surface area contributed by atoms with Gasteiger partial charge in [0, 0.05) is 5.02 Å². The first-order valence-electron chi connectivity index (χ1n) is 5.71. The molecule has 0 aliphatic heterocycles. The fraction of sp³-hybridized carbons (Fsp3) is 0.417. The van der Waals surface area contributed by atoms with Crippen LogP contribution in [0.5, 0.6) is 0 Å². The Hall–Kier alpha value is -0.550. The van der Waals surface area contributed by atoms with Crippen molar-refractivity contribution in [3.05, 3.63) is 27.2 Å². The minimum absolute atomic E-state index is 0.188. The van der Waals surface area contributed by atoms with Gasteiger partial charge in [-0.2, -0.15) is 10.2 Å². The van der Waals surface area contributed by atoms with E-state index in [-0.39, 0.29) is 22.3 Å². The number of rotatable bonds is 5. The van der Waals surface area contributed by atoms with Gasteiger partial charge in [0.2, 0.25) is 5.00 Å². The third-order valence-electron chi connectivity index (χ3n) is 2.13. The van der Waals surface area contributed by atoms with Gasteiger partial charge >= 0.3 is 5.97 Å². The van der Waals surface area contributed by atoms with Crippen LogP contribution in [0.3, 0.4) is 0 Å². The van der Waals surface area contributed by atoms with Crippen molar-refractivity contribution in [2.45, 2.75) is 25.3 Å². The fourth-order valence-electron chi connectivity index (χ4n) is 1.14. The Kier molecular flexibility index (Phi) is 6.52. The molecule has 0 N–H and O–H groups in total. The largest absolute Gasteiger partial charge is 0.463 e. The van der Waals surface area contributed by atoms with Crippen molar-refractivity contribution in [2.75, 3.05) is 6.61 Å². The standard InChI is InChI=1S/C12H12Cl4N2O2/c1-3-4-20-11(19)12(2,16)18-17-10-8(14)5-7(13)6-9(10)15/h5-6H,3-4H2,1-2H3/b18-17+. The van der Waals surface area contributed by atoms with E-state index in [9.17, 15) is 4.79 Å². The van der Waals surface area contributed by atoms with Gasteiger partial charge < -0.3 is 4.74 Å². The SMILES string of the molecule is CCCOC(=O)C(C)(Cl)/N=N/c1c(Cl)cc(Cl)cc1Cl. The molecule has 20 heavy (non-hydrogen) atoms. The maximum absolute atomic E-state index is 11.7. The van der Waals surface area contributed by atoms with E-state index in [1.807, 2.05) is 6.92 Å². The molecule has 0 bridgehead atoms. The predicted octanol–water partition coefficient (Wildman–Crippen LogP) is 5.64. The van der Waals surface area contributed by atoms with Crippen molar-refractivity contribution in [3.8, 4) is 0 Å². The van der Waals surface area contributed by atoms with Crippen LogP contribution < -0.4 is 0 Å². The lowest BCUT2D eigenvalue weighted by Crippen LogP contribution is -2.28. The smallest absolute Gasteiger partial charge is 0.351 e. The molecule has 0 aliphatic carbocycles. The van der Waals surface area contributed by atoms with E-state index in [0.717, 1.165) is 0 Å². The van der Waals surface area contributed by atoms with Crippen LogP contribution in [0.4, 0.5) is 5.69 Å². The van der Waals surface area contributed by atoms with E-state index in [2.05, 4.69) is 10.2 Å². The van der Waals surface area contributed by atoms with Crippen molar-refractivity contribution < 1.29 is 9.53 Å². The molecule has 0 saturated heterocycles. The molecule has 0 spiro atoms. The summed E-state index contributed by atoms with van der Waals surface area (Å²) >= 11 is 23.6. The minimum atomic E-state index is -1.64. The molecule has 0 heterocycles. The number of carbonyl (C=O) groups excluding carboxylic acids is 1. The molecule has 0 saturated carbocycles. The van der Waals surface area contributed by atoms with Gasteiger partial charge in [0.25, 0.3) is 0 Å². The lowest BCUT2D eigenvalue weighted by Gasteiger charge is -2.14. The number of carbonyl (C=O) groups is 1. The van der Waals surface area contributed by atoms with Crippen molar-refractivity contribution in [1.82, 2.24) is 0 Å². The van der Waals surface area contributed by atoms with Gasteiger partial charge in [-0.05, 0) is 25.5 Å². The predicted molar refractivity (Wildman–Crippen MR) is 81.5 cm³/mol. The molecular weight excluding hydrogens is 346 g/mol. The molecule has 0 amide bonds. The average Bonchev–Trinajstić information content (AvgIpc) is 2.34. The minimum Gasteiger partial charge on any atom is -0.463 e. The summed E-state index contributed by atoms with van der Waals surface area (Å²) in [4.78, 5) is 10.0. The summed E-state index contributed by atoms with van der Waals surface area (Å²) in [6.07, 6.45) is 0.685. The van der Waals surface area contributed by atoms with Gasteiger partial charge in [-0.25, -0.2) is 4.79 Å². The lowest BCUT2D eigenvalue weighted by molar-refractivity contribution is -0.146. The summed E-state index contributed by atoms with van der Waals surface area (Å²) in [6, 6.07) is 2.93. The first-order chi connectivity index (χ1) is 9.27. The first-order valence-corrected chi connectivity index (χ1v) is 7.22. The Balaban J connectivity index is 2.94. The van der Waals surface area contributed by atoms with Gasteiger partial charge in [0.05, 0.1) is 16.7 Å². The van der Waals surface area contributed by atoms with Crippen LogP contribution >= 0.6 is 46.4 Å². The van der Waals surface area contributed by atoms with E-state index in [1.54, 1.807) is 0 Å². The number of azo groups is 1. The highest BCUT2D eigenvalue weighted by Crippen LogP contribution is 2.37. The number of benzene rings is 1. The lowest BCUT2D eigenvalue weighted by atomic mass is 10.3. The van der Waals surface area contributed by atoms with Crippen LogP contribution in [-0.4, -0.2) is 17.6 Å². The van der Waals surface area contributed by atoms with E-state index in [0.29, 0.717) is 11.4 Å². The third kappa shape index (κ3) is 4.77. The summed E-state index contributed by atoms with van der Waals surface area (Å²) in [6.45, 7) is 3.50. The number of esters is 1. The second-order valence-electron chi connectivity index (χ2n) is 4.01. The van der Waals surface area contributed by atoms with Crippen LogP contribution in [0, 0.1) is 0 Å². The van der Waals surface area contributed by atoms with E-state index in [4.69, 9.17) is 51.1 Å². The van der Waals surface area contributed by atoms with Crippen LogP contribution in [-0.2, 0) is 9.53 Å². The average molecular weight is 358 g/mol. The molecule has 8 heteroatoms. The maximum Gasteiger partial charge on any atom is 0.351 e. The zero-order chi connectivity index (χ0) is 15.3.